The van der Waals surface area contributed by atoms with E-state index in [-0.39, 0.29) is 5.54 Å². The number of unbranched alkanes of at least 4 members (excludes halogenated alkanes) is 4. The molecule has 2 heteroatoms. The van der Waals surface area contributed by atoms with E-state index in [0.717, 1.165) is 19.3 Å². The van der Waals surface area contributed by atoms with Gasteiger partial charge in [-0.2, -0.15) is 4.99 Å². The molecule has 0 aromatic heterocycles. The lowest BCUT2D eigenvalue weighted by Crippen LogP contribution is -2.24. The van der Waals surface area contributed by atoms with Crippen molar-refractivity contribution in [2.24, 2.45) is 4.99 Å². The van der Waals surface area contributed by atoms with E-state index in [4.69, 9.17) is 0 Å². The number of hydrogen-bond donors (Lipinski definition) is 0. The summed E-state index contributed by atoms with van der Waals surface area (Å²) in [4.78, 5) is 14.4. The van der Waals surface area contributed by atoms with Crippen LogP contribution in [0.4, 0.5) is 0 Å². The zero-order valence-corrected chi connectivity index (χ0v) is 10.5. The summed E-state index contributed by atoms with van der Waals surface area (Å²) >= 11 is 0. The van der Waals surface area contributed by atoms with Crippen molar-refractivity contribution in [3.05, 3.63) is 0 Å². The Hall–Kier alpha value is -0.620. The predicted octanol–water partition coefficient (Wildman–Crippen LogP) is 4.24. The fraction of sp³-hybridized carbons (Fsp3) is 0.923. The SMILES string of the molecule is CCCCCCCC(CC)(CC)N=C=O. The first-order chi connectivity index (χ1) is 7.24. The predicted molar refractivity (Wildman–Crippen MR) is 64.8 cm³/mol. The van der Waals surface area contributed by atoms with E-state index in [1.54, 1.807) is 6.08 Å². The van der Waals surface area contributed by atoms with Crippen LogP contribution in [0, 0.1) is 0 Å². The van der Waals surface area contributed by atoms with Crippen molar-refractivity contribution in [3.8, 4) is 0 Å². The smallest absolute Gasteiger partial charge is 0.211 e. The largest absolute Gasteiger partial charge is 0.235 e. The normalized spacial score (nSPS) is 11.1. The molecule has 0 spiro atoms. The monoisotopic (exact) mass is 211 g/mol. The Labute approximate surface area is 94.2 Å². The van der Waals surface area contributed by atoms with Crippen LogP contribution in [0.2, 0.25) is 0 Å². The molecule has 88 valence electrons. The van der Waals surface area contributed by atoms with E-state index in [1.165, 1.54) is 32.1 Å². The third kappa shape index (κ3) is 5.74. The number of nitrogens with zero attached hydrogens (tertiary/aromatic N) is 1. The van der Waals surface area contributed by atoms with Gasteiger partial charge in [-0.1, -0.05) is 52.9 Å². The molecule has 0 aromatic carbocycles. The number of aliphatic imine (C=N–C) groups is 1. The summed E-state index contributed by atoms with van der Waals surface area (Å²) in [5.41, 5.74) is -0.117. The summed E-state index contributed by atoms with van der Waals surface area (Å²) in [5.74, 6) is 0. The first-order valence-corrected chi connectivity index (χ1v) is 6.33. The molecule has 0 saturated carbocycles. The van der Waals surface area contributed by atoms with Gasteiger partial charge in [-0.3, -0.25) is 0 Å². The van der Waals surface area contributed by atoms with E-state index in [9.17, 15) is 4.79 Å². The van der Waals surface area contributed by atoms with Crippen LogP contribution >= 0.6 is 0 Å². The minimum Gasteiger partial charge on any atom is -0.211 e. The number of isocyanates is 1. The molecule has 0 aromatic rings. The second-order valence-corrected chi connectivity index (χ2v) is 4.30. The third-order valence-electron chi connectivity index (χ3n) is 3.34. The Kier molecular flexibility index (Phi) is 8.31. The molecule has 0 heterocycles. The van der Waals surface area contributed by atoms with Gasteiger partial charge in [-0.15, -0.1) is 0 Å². The van der Waals surface area contributed by atoms with E-state index in [2.05, 4.69) is 25.8 Å². The second kappa shape index (κ2) is 8.67. The van der Waals surface area contributed by atoms with Gasteiger partial charge in [0.15, 0.2) is 0 Å². The molecule has 0 amide bonds. The van der Waals surface area contributed by atoms with Crippen molar-refractivity contribution in [1.29, 1.82) is 0 Å². The maximum Gasteiger partial charge on any atom is 0.235 e. The zero-order valence-electron chi connectivity index (χ0n) is 10.5. The Morgan fingerprint density at radius 2 is 1.60 bits per heavy atom. The highest BCUT2D eigenvalue weighted by Crippen LogP contribution is 2.27. The van der Waals surface area contributed by atoms with Crippen LogP contribution in [0.15, 0.2) is 4.99 Å². The van der Waals surface area contributed by atoms with Crippen LogP contribution in [0.5, 0.6) is 0 Å². The van der Waals surface area contributed by atoms with Gasteiger partial charge in [-0.05, 0) is 19.3 Å². The lowest BCUT2D eigenvalue weighted by Gasteiger charge is -2.25. The van der Waals surface area contributed by atoms with Gasteiger partial charge in [0, 0.05) is 0 Å². The highest BCUT2D eigenvalue weighted by molar-refractivity contribution is 5.34. The van der Waals surface area contributed by atoms with Crippen molar-refractivity contribution in [3.63, 3.8) is 0 Å². The fourth-order valence-electron chi connectivity index (χ4n) is 1.97. The number of rotatable bonds is 9. The molecule has 0 atom stereocenters. The minimum absolute atomic E-state index is 0.117. The second-order valence-electron chi connectivity index (χ2n) is 4.30. The van der Waals surface area contributed by atoms with Gasteiger partial charge in [0.05, 0.1) is 5.54 Å². The highest BCUT2D eigenvalue weighted by atomic mass is 16.1. The number of carbonyl (C=O) groups excluding carboxylic acids is 1. The van der Waals surface area contributed by atoms with Crippen molar-refractivity contribution in [2.75, 3.05) is 0 Å². The standard InChI is InChI=1S/C13H25NO/c1-4-7-8-9-10-11-13(5-2,6-3)14-12-15/h4-11H2,1-3H3. The van der Waals surface area contributed by atoms with Gasteiger partial charge in [0.25, 0.3) is 0 Å². The van der Waals surface area contributed by atoms with Crippen molar-refractivity contribution in [2.45, 2.75) is 77.7 Å². The summed E-state index contributed by atoms with van der Waals surface area (Å²) in [6.07, 6.45) is 11.0. The molecule has 0 aliphatic carbocycles. The molecule has 0 aliphatic rings. The van der Waals surface area contributed by atoms with Gasteiger partial charge < -0.3 is 0 Å². The maximum atomic E-state index is 10.4. The Bertz CT molecular complexity index is 191. The zero-order chi connectivity index (χ0) is 11.6. The minimum atomic E-state index is -0.117. The van der Waals surface area contributed by atoms with Gasteiger partial charge in [-0.25, -0.2) is 4.79 Å². The van der Waals surface area contributed by atoms with Crippen LogP contribution in [0.1, 0.15) is 72.1 Å². The highest BCUT2D eigenvalue weighted by Gasteiger charge is 2.24. The first kappa shape index (κ1) is 14.4. The van der Waals surface area contributed by atoms with E-state index in [0.29, 0.717) is 0 Å². The number of hydrogen-bond acceptors (Lipinski definition) is 2. The summed E-state index contributed by atoms with van der Waals surface area (Å²) in [6.45, 7) is 6.44. The van der Waals surface area contributed by atoms with Crippen LogP contribution in [0.3, 0.4) is 0 Å². The summed E-state index contributed by atoms with van der Waals surface area (Å²) in [7, 11) is 0. The molecule has 0 unspecified atom stereocenters. The molecule has 0 rings (SSSR count). The summed E-state index contributed by atoms with van der Waals surface area (Å²) in [5, 5.41) is 0. The maximum absolute atomic E-state index is 10.4. The van der Waals surface area contributed by atoms with Crippen molar-refractivity contribution < 1.29 is 4.79 Å². The van der Waals surface area contributed by atoms with E-state index in [1.807, 2.05) is 0 Å². The van der Waals surface area contributed by atoms with Crippen LogP contribution < -0.4 is 0 Å². The molecule has 0 bridgehead atoms. The average molecular weight is 211 g/mol. The molecular weight excluding hydrogens is 186 g/mol. The Morgan fingerprint density at radius 3 is 2.07 bits per heavy atom. The Balaban J connectivity index is 3.90. The van der Waals surface area contributed by atoms with E-state index < -0.39 is 0 Å². The van der Waals surface area contributed by atoms with Crippen LogP contribution in [0.25, 0.3) is 0 Å². The van der Waals surface area contributed by atoms with Gasteiger partial charge in [0.1, 0.15) is 0 Å². The summed E-state index contributed by atoms with van der Waals surface area (Å²) in [6, 6.07) is 0. The van der Waals surface area contributed by atoms with Gasteiger partial charge >= 0.3 is 0 Å². The molecule has 0 N–H and O–H groups in total. The summed E-state index contributed by atoms with van der Waals surface area (Å²) < 4.78 is 0. The third-order valence-corrected chi connectivity index (χ3v) is 3.34. The average Bonchev–Trinajstić information content (AvgIpc) is 2.27. The fourth-order valence-corrected chi connectivity index (χ4v) is 1.97. The first-order valence-electron chi connectivity index (χ1n) is 6.33. The van der Waals surface area contributed by atoms with Crippen molar-refractivity contribution in [1.82, 2.24) is 0 Å². The van der Waals surface area contributed by atoms with E-state index >= 15 is 0 Å². The lowest BCUT2D eigenvalue weighted by atomic mass is 9.87. The lowest BCUT2D eigenvalue weighted by molar-refractivity contribution is 0.351. The molecule has 0 fully saturated rings. The molecular formula is C13H25NO. The van der Waals surface area contributed by atoms with Gasteiger partial charge in [0.2, 0.25) is 6.08 Å². The molecule has 0 radical (unpaired) electrons. The van der Waals surface area contributed by atoms with Crippen LogP contribution in [-0.4, -0.2) is 11.6 Å². The molecule has 2 nitrogen and oxygen atoms in total. The quantitative estimate of drug-likeness (QED) is 0.318. The molecule has 15 heavy (non-hydrogen) atoms. The van der Waals surface area contributed by atoms with Crippen molar-refractivity contribution >= 4 is 6.08 Å². The molecule has 0 aliphatic heterocycles. The van der Waals surface area contributed by atoms with Crippen LogP contribution in [-0.2, 0) is 4.79 Å². The molecule has 0 saturated heterocycles. The Morgan fingerprint density at radius 1 is 1.00 bits per heavy atom. The topological polar surface area (TPSA) is 29.4 Å².